The van der Waals surface area contributed by atoms with E-state index in [1.807, 2.05) is 0 Å². The molecular weight excluding hydrogens is 631 g/mol. The molecule has 0 bridgehead atoms. The molecule has 48 heavy (non-hydrogen) atoms. The van der Waals surface area contributed by atoms with E-state index in [1.165, 1.54) is 80.7 Å². The van der Waals surface area contributed by atoms with Crippen LogP contribution in [0.5, 0.6) is 11.5 Å². The number of aryl methyl sites for hydroxylation is 1. The molecule has 6 rings (SSSR count). The van der Waals surface area contributed by atoms with Crippen LogP contribution in [0.1, 0.15) is 15.9 Å². The van der Waals surface area contributed by atoms with Crippen LogP contribution in [0, 0.1) is 24.4 Å². The largest absolute Gasteiger partial charge is 0.508 e. The van der Waals surface area contributed by atoms with Gasteiger partial charge in [-0.3, -0.25) is 23.5 Å². The van der Waals surface area contributed by atoms with Gasteiger partial charge in [-0.15, -0.1) is 0 Å². The summed E-state index contributed by atoms with van der Waals surface area (Å²) in [5.41, 5.74) is -2.79. The minimum Gasteiger partial charge on any atom is -0.508 e. The van der Waals surface area contributed by atoms with Crippen LogP contribution < -0.4 is 27.4 Å². The lowest BCUT2D eigenvalue weighted by Crippen LogP contribution is -2.40. The molecule has 0 aliphatic carbocycles. The Morgan fingerprint density at radius 3 is 2.17 bits per heavy atom. The van der Waals surface area contributed by atoms with Gasteiger partial charge in [0.05, 0.1) is 22.6 Å². The number of para-hydroxylation sites is 1. The van der Waals surface area contributed by atoms with Crippen molar-refractivity contribution in [3.8, 4) is 22.9 Å². The van der Waals surface area contributed by atoms with Gasteiger partial charge in [0.1, 0.15) is 22.8 Å². The van der Waals surface area contributed by atoms with Gasteiger partial charge in [-0.1, -0.05) is 18.2 Å². The first-order valence-corrected chi connectivity index (χ1v) is 14.2. The number of hydrogen-bond acceptors (Lipinski definition) is 7. The van der Waals surface area contributed by atoms with Crippen molar-refractivity contribution in [3.05, 3.63) is 145 Å². The fraction of sp³-hybridized carbons (Fsp3) is 0.0588. The second-order valence-electron chi connectivity index (χ2n) is 10.7. The molecule has 0 atom stereocenters. The molecule has 4 N–H and O–H groups in total. The summed E-state index contributed by atoms with van der Waals surface area (Å²) in [5, 5.41) is 24.7. The second-order valence-corrected chi connectivity index (χ2v) is 10.7. The molecular formula is C34H24F3N5O6. The van der Waals surface area contributed by atoms with Crippen molar-refractivity contribution in [2.24, 2.45) is 7.05 Å². The van der Waals surface area contributed by atoms with E-state index in [0.717, 1.165) is 19.8 Å². The highest BCUT2D eigenvalue weighted by atomic mass is 19.2. The van der Waals surface area contributed by atoms with Crippen molar-refractivity contribution in [3.63, 3.8) is 0 Å². The monoisotopic (exact) mass is 655 g/mol. The number of benzene rings is 4. The molecule has 0 unspecified atom stereocenters. The molecule has 2 aromatic heterocycles. The molecule has 0 aliphatic rings. The number of carbonyl (C=O) groups excluding carboxylic acids is 1. The number of aromatic nitrogens is 3. The molecule has 14 heteroatoms. The van der Waals surface area contributed by atoms with Crippen LogP contribution >= 0.6 is 0 Å². The van der Waals surface area contributed by atoms with Crippen LogP contribution in [-0.4, -0.2) is 29.8 Å². The van der Waals surface area contributed by atoms with E-state index in [1.54, 1.807) is 6.07 Å². The first-order chi connectivity index (χ1) is 22.9. The lowest BCUT2D eigenvalue weighted by molar-refractivity contribution is 0.102. The van der Waals surface area contributed by atoms with Gasteiger partial charge in [-0.05, 0) is 73.7 Å². The number of halogens is 3. The highest BCUT2D eigenvalue weighted by Gasteiger charge is 2.25. The Balaban J connectivity index is 1.63. The zero-order chi connectivity index (χ0) is 34.4. The second kappa shape index (κ2) is 12.0. The fourth-order valence-corrected chi connectivity index (χ4v) is 5.34. The first-order valence-electron chi connectivity index (χ1n) is 14.2. The third kappa shape index (κ3) is 5.34. The Hall–Kier alpha value is -6.57. The highest BCUT2D eigenvalue weighted by Crippen LogP contribution is 2.28. The molecule has 6 aromatic rings. The Kier molecular flexibility index (Phi) is 7.84. The van der Waals surface area contributed by atoms with Gasteiger partial charge in [0.2, 0.25) is 0 Å². The van der Waals surface area contributed by atoms with Crippen molar-refractivity contribution < 1.29 is 28.2 Å². The van der Waals surface area contributed by atoms with Crippen molar-refractivity contribution in [2.75, 3.05) is 10.6 Å². The Labute approximate surface area is 268 Å². The minimum absolute atomic E-state index is 0.00894. The van der Waals surface area contributed by atoms with Crippen molar-refractivity contribution in [2.45, 2.75) is 6.92 Å². The van der Waals surface area contributed by atoms with Gasteiger partial charge >= 0.3 is 5.69 Å². The maximum Gasteiger partial charge on any atom is 0.340 e. The smallest absolute Gasteiger partial charge is 0.340 e. The van der Waals surface area contributed by atoms with Crippen molar-refractivity contribution >= 4 is 34.0 Å². The molecule has 0 radical (unpaired) electrons. The van der Waals surface area contributed by atoms with E-state index in [-0.39, 0.29) is 50.8 Å². The molecule has 11 nitrogen and oxygen atoms in total. The third-order valence-electron chi connectivity index (χ3n) is 7.68. The molecule has 0 aliphatic heterocycles. The number of fused-ring (bicyclic) bond motifs is 1. The van der Waals surface area contributed by atoms with E-state index >= 15 is 0 Å². The summed E-state index contributed by atoms with van der Waals surface area (Å²) >= 11 is 0. The summed E-state index contributed by atoms with van der Waals surface area (Å²) < 4.78 is 45.3. The van der Waals surface area contributed by atoms with Crippen molar-refractivity contribution in [1.82, 2.24) is 13.7 Å². The molecule has 0 spiro atoms. The van der Waals surface area contributed by atoms with Crippen molar-refractivity contribution in [1.29, 1.82) is 0 Å². The van der Waals surface area contributed by atoms with Gasteiger partial charge in [0.25, 0.3) is 17.0 Å². The highest BCUT2D eigenvalue weighted by molar-refractivity contribution is 6.04. The van der Waals surface area contributed by atoms with Gasteiger partial charge in [0.15, 0.2) is 17.4 Å². The van der Waals surface area contributed by atoms with Crippen LogP contribution in [0.25, 0.3) is 22.3 Å². The van der Waals surface area contributed by atoms with Crippen LogP contribution in [0.15, 0.2) is 99.3 Å². The molecule has 4 aromatic carbocycles. The maximum atomic E-state index is 14.8. The summed E-state index contributed by atoms with van der Waals surface area (Å²) in [6.45, 7) is 1.42. The number of rotatable bonds is 6. The van der Waals surface area contributed by atoms with E-state index in [0.29, 0.717) is 6.07 Å². The summed E-state index contributed by atoms with van der Waals surface area (Å²) in [6.07, 6.45) is 0. The van der Waals surface area contributed by atoms with Crippen LogP contribution in [0.2, 0.25) is 0 Å². The molecule has 0 fully saturated rings. The van der Waals surface area contributed by atoms with Crippen LogP contribution in [-0.2, 0) is 7.05 Å². The number of anilines is 3. The summed E-state index contributed by atoms with van der Waals surface area (Å²) in [6, 6.07) is 17.8. The first kappa shape index (κ1) is 31.4. The number of hydrogen-bond donors (Lipinski definition) is 4. The lowest BCUT2D eigenvalue weighted by Gasteiger charge is -2.21. The SMILES string of the molecule is Cc1c(=O)n(C)c(Nc2ccccc2F)c2c(=O)n(-c3ccc(O)cc3)c(=O)n(-c3cccc(NC(=O)c4cc(O)c(F)c(F)c4)c3)c12. The predicted molar refractivity (Wildman–Crippen MR) is 172 cm³/mol. The predicted octanol–water partition coefficient (Wildman–Crippen LogP) is 4.97. The number of phenols is 2. The topological polar surface area (TPSA) is 148 Å². The zero-order valence-corrected chi connectivity index (χ0v) is 25.1. The van der Waals surface area contributed by atoms with Crippen LogP contribution in [0.3, 0.4) is 0 Å². The fourth-order valence-electron chi connectivity index (χ4n) is 5.34. The number of nitrogens with zero attached hydrogens (tertiary/aromatic N) is 3. The van der Waals surface area contributed by atoms with Gasteiger partial charge in [-0.25, -0.2) is 18.1 Å². The number of aromatic hydroxyl groups is 2. The Bertz CT molecular complexity index is 2450. The summed E-state index contributed by atoms with van der Waals surface area (Å²) in [7, 11) is 1.38. The zero-order valence-electron chi connectivity index (χ0n) is 25.1. The number of nitrogens with one attached hydrogen (secondary N) is 2. The Morgan fingerprint density at radius 2 is 1.48 bits per heavy atom. The minimum atomic E-state index is -1.52. The number of carbonyl (C=O) groups is 1. The maximum absolute atomic E-state index is 14.8. The average molecular weight is 656 g/mol. The average Bonchev–Trinajstić information content (AvgIpc) is 3.06. The van der Waals surface area contributed by atoms with E-state index < -0.39 is 51.5 Å². The quantitative estimate of drug-likeness (QED) is 0.198. The van der Waals surface area contributed by atoms with Gasteiger partial charge in [0, 0.05) is 23.9 Å². The lowest BCUT2D eigenvalue weighted by atomic mass is 10.1. The standard InChI is InChI=1S/C34H24F3N5O6/c1-17-29-27(30(40(2)32(17)46)39-25-9-4-3-8-23(25)35)33(47)42(20-10-12-22(43)13-11-20)34(48)41(29)21-7-5-6-19(16-21)38-31(45)18-14-24(36)28(37)26(44)15-18/h3-16,39,43-44H,1-2H3,(H,38,45). The van der Waals surface area contributed by atoms with E-state index in [4.69, 9.17) is 0 Å². The van der Waals surface area contributed by atoms with E-state index in [9.17, 15) is 42.6 Å². The molecule has 0 saturated heterocycles. The molecule has 1 amide bonds. The van der Waals surface area contributed by atoms with E-state index in [2.05, 4.69) is 10.6 Å². The molecule has 2 heterocycles. The molecule has 242 valence electrons. The Morgan fingerprint density at radius 1 is 0.771 bits per heavy atom. The molecule has 0 saturated carbocycles. The normalized spacial score (nSPS) is 11.1. The van der Waals surface area contributed by atoms with Gasteiger partial charge in [-0.2, -0.15) is 4.39 Å². The summed E-state index contributed by atoms with van der Waals surface area (Å²) in [4.78, 5) is 55.1. The third-order valence-corrected chi connectivity index (χ3v) is 7.68. The van der Waals surface area contributed by atoms with Crippen LogP contribution in [0.4, 0.5) is 30.4 Å². The number of pyridine rings is 1. The number of phenolic OH excluding ortho intramolecular Hbond substituents is 2. The summed E-state index contributed by atoms with van der Waals surface area (Å²) in [5.74, 6) is -5.89. The number of amides is 1. The van der Waals surface area contributed by atoms with Gasteiger partial charge < -0.3 is 20.8 Å².